The molecule has 0 bridgehead atoms. The lowest BCUT2D eigenvalue weighted by Crippen LogP contribution is -2.47. The van der Waals surface area contributed by atoms with Crippen LogP contribution in [0.1, 0.15) is 48.8 Å². The predicted octanol–water partition coefficient (Wildman–Crippen LogP) is 3.10. The van der Waals surface area contributed by atoms with Gasteiger partial charge in [-0.15, -0.1) is 0 Å². The van der Waals surface area contributed by atoms with Crippen molar-refractivity contribution in [2.45, 2.75) is 51.1 Å². The number of carbonyl (C=O) groups is 2. The van der Waals surface area contributed by atoms with Gasteiger partial charge in [0.25, 0.3) is 5.56 Å². The fourth-order valence-electron chi connectivity index (χ4n) is 5.60. The number of rotatable bonds is 8. The first kappa shape index (κ1) is 25.2. The van der Waals surface area contributed by atoms with Crippen LogP contribution < -0.4 is 16.2 Å². The second-order valence-corrected chi connectivity index (χ2v) is 10.5. The molecule has 1 aliphatic carbocycles. The van der Waals surface area contributed by atoms with Gasteiger partial charge in [0.05, 0.1) is 5.92 Å². The summed E-state index contributed by atoms with van der Waals surface area (Å²) in [6.45, 7) is 4.15. The van der Waals surface area contributed by atoms with Gasteiger partial charge in [0, 0.05) is 51.9 Å². The molecule has 2 heterocycles. The molecule has 0 radical (unpaired) electrons. The Kier molecular flexibility index (Phi) is 7.42. The average Bonchev–Trinajstić information content (AvgIpc) is 3.73. The van der Waals surface area contributed by atoms with Crippen molar-refractivity contribution in [1.29, 1.82) is 0 Å². The molecule has 2 unspecified atom stereocenters. The third-order valence-corrected chi connectivity index (χ3v) is 7.76. The van der Waals surface area contributed by atoms with Gasteiger partial charge in [-0.2, -0.15) is 0 Å². The topological polar surface area (TPSA) is 83.4 Å². The first-order valence-corrected chi connectivity index (χ1v) is 13.3. The normalized spacial score (nSPS) is 19.5. The maximum Gasteiger partial charge on any atom is 0.250 e. The zero-order valence-electron chi connectivity index (χ0n) is 21.7. The summed E-state index contributed by atoms with van der Waals surface area (Å²) >= 11 is 0. The summed E-state index contributed by atoms with van der Waals surface area (Å²) in [7, 11) is 1.75. The van der Waals surface area contributed by atoms with Gasteiger partial charge in [0.1, 0.15) is 0 Å². The zero-order chi connectivity index (χ0) is 25.9. The number of amides is 2. The number of nitrogens with one attached hydrogen (secondary N) is 2. The highest BCUT2D eigenvalue weighted by molar-refractivity contribution is 5.87. The smallest absolute Gasteiger partial charge is 0.250 e. The number of fused-ring (bicyclic) bond motifs is 1. The lowest BCUT2D eigenvalue weighted by atomic mass is 9.80. The molecule has 1 aromatic heterocycles. The van der Waals surface area contributed by atoms with Crippen LogP contribution in [0.4, 0.5) is 0 Å². The van der Waals surface area contributed by atoms with Gasteiger partial charge in [-0.3, -0.25) is 14.4 Å². The second kappa shape index (κ2) is 10.9. The van der Waals surface area contributed by atoms with Crippen LogP contribution in [0.3, 0.4) is 0 Å². The number of benzene rings is 2. The zero-order valence-corrected chi connectivity index (χ0v) is 21.7. The minimum Gasteiger partial charge on any atom is -0.356 e. The molecule has 2 aromatic carbocycles. The molecule has 5 rings (SSSR count). The van der Waals surface area contributed by atoms with Gasteiger partial charge in [-0.1, -0.05) is 36.4 Å². The molecule has 37 heavy (non-hydrogen) atoms. The Labute approximate surface area is 217 Å². The van der Waals surface area contributed by atoms with E-state index in [0.29, 0.717) is 19.6 Å². The van der Waals surface area contributed by atoms with Gasteiger partial charge in [-0.25, -0.2) is 0 Å². The van der Waals surface area contributed by atoms with E-state index in [1.54, 1.807) is 23.9 Å². The molecular weight excluding hydrogens is 464 g/mol. The van der Waals surface area contributed by atoms with Crippen molar-refractivity contribution in [3.8, 4) is 0 Å². The number of piperidine rings is 1. The van der Waals surface area contributed by atoms with E-state index in [2.05, 4.69) is 39.8 Å². The van der Waals surface area contributed by atoms with Crippen molar-refractivity contribution in [1.82, 2.24) is 20.1 Å². The highest BCUT2D eigenvalue weighted by atomic mass is 16.2. The van der Waals surface area contributed by atoms with Gasteiger partial charge in [-0.05, 0) is 71.7 Å². The molecule has 0 spiro atoms. The summed E-state index contributed by atoms with van der Waals surface area (Å²) < 4.78 is 1.57. The maximum absolute atomic E-state index is 14.1. The summed E-state index contributed by atoms with van der Waals surface area (Å²) in [6.07, 6.45) is 5.44. The Balaban J connectivity index is 1.43. The maximum atomic E-state index is 14.1. The van der Waals surface area contributed by atoms with Crippen molar-refractivity contribution in [3.05, 3.63) is 81.8 Å². The molecule has 1 saturated carbocycles. The lowest BCUT2D eigenvalue weighted by Gasteiger charge is -2.36. The number of hydrogen-bond donors (Lipinski definition) is 2. The molecule has 2 N–H and O–H groups in total. The fraction of sp³-hybridized carbons (Fsp3) is 0.433. The van der Waals surface area contributed by atoms with Gasteiger partial charge >= 0.3 is 0 Å². The van der Waals surface area contributed by atoms with Crippen molar-refractivity contribution >= 4 is 22.6 Å². The number of aromatic nitrogens is 1. The minimum absolute atomic E-state index is 0.0292. The monoisotopic (exact) mass is 500 g/mol. The Morgan fingerprint density at radius 3 is 2.68 bits per heavy atom. The van der Waals surface area contributed by atoms with Gasteiger partial charge in [0.2, 0.25) is 11.8 Å². The molecule has 1 aliphatic heterocycles. The Morgan fingerprint density at radius 2 is 1.92 bits per heavy atom. The summed E-state index contributed by atoms with van der Waals surface area (Å²) in [6, 6.07) is 16.7. The fourth-order valence-corrected chi connectivity index (χ4v) is 5.60. The molecule has 2 atom stereocenters. The van der Waals surface area contributed by atoms with E-state index in [9.17, 15) is 14.4 Å². The van der Waals surface area contributed by atoms with Crippen molar-refractivity contribution in [3.63, 3.8) is 0 Å². The van der Waals surface area contributed by atoms with Crippen LogP contribution in [0.5, 0.6) is 0 Å². The van der Waals surface area contributed by atoms with Gasteiger partial charge in [0.15, 0.2) is 0 Å². The van der Waals surface area contributed by atoms with Crippen LogP contribution in [0.2, 0.25) is 0 Å². The first-order valence-electron chi connectivity index (χ1n) is 13.3. The summed E-state index contributed by atoms with van der Waals surface area (Å²) in [4.78, 5) is 39.9. The third kappa shape index (κ3) is 5.77. The molecule has 3 aromatic rings. The van der Waals surface area contributed by atoms with E-state index >= 15 is 0 Å². The van der Waals surface area contributed by atoms with E-state index in [1.807, 2.05) is 18.2 Å². The van der Waals surface area contributed by atoms with Crippen LogP contribution in [0, 0.1) is 5.92 Å². The minimum atomic E-state index is -0.198. The molecule has 7 nitrogen and oxygen atoms in total. The summed E-state index contributed by atoms with van der Waals surface area (Å²) in [5, 5.41) is 8.62. The van der Waals surface area contributed by atoms with E-state index in [4.69, 9.17) is 0 Å². The molecule has 194 valence electrons. The molecule has 2 amide bonds. The predicted molar refractivity (Wildman–Crippen MR) is 145 cm³/mol. The molecule has 1 saturated heterocycles. The number of pyridine rings is 1. The van der Waals surface area contributed by atoms with Crippen LogP contribution in [-0.2, 0) is 29.6 Å². The number of carbonyl (C=O) groups excluding carboxylic acids is 2. The van der Waals surface area contributed by atoms with Crippen LogP contribution in [-0.4, -0.2) is 47.0 Å². The van der Waals surface area contributed by atoms with Crippen molar-refractivity contribution in [2.24, 2.45) is 13.0 Å². The first-order chi connectivity index (χ1) is 17.9. The highest BCUT2D eigenvalue weighted by Crippen LogP contribution is 2.36. The molecule has 7 heteroatoms. The van der Waals surface area contributed by atoms with E-state index in [0.717, 1.165) is 59.7 Å². The van der Waals surface area contributed by atoms with Crippen LogP contribution in [0.15, 0.2) is 59.5 Å². The quantitative estimate of drug-likeness (QED) is 0.498. The number of hydrogen-bond acceptors (Lipinski definition) is 4. The Hall–Kier alpha value is -3.45. The Morgan fingerprint density at radius 1 is 1.11 bits per heavy atom. The summed E-state index contributed by atoms with van der Waals surface area (Å²) in [5.41, 5.74) is 3.22. The third-order valence-electron chi connectivity index (χ3n) is 7.76. The number of nitrogens with zero attached hydrogens (tertiary/aromatic N) is 2. The van der Waals surface area contributed by atoms with E-state index < -0.39 is 0 Å². The highest BCUT2D eigenvalue weighted by Gasteiger charge is 2.40. The average molecular weight is 501 g/mol. The van der Waals surface area contributed by atoms with Gasteiger partial charge < -0.3 is 20.1 Å². The van der Waals surface area contributed by atoms with E-state index in [-0.39, 0.29) is 35.3 Å². The largest absolute Gasteiger partial charge is 0.356 e. The lowest BCUT2D eigenvalue weighted by molar-refractivity contribution is -0.138. The van der Waals surface area contributed by atoms with Crippen LogP contribution in [0.25, 0.3) is 10.8 Å². The second-order valence-electron chi connectivity index (χ2n) is 10.5. The van der Waals surface area contributed by atoms with E-state index in [1.165, 1.54) is 6.92 Å². The number of aryl methyl sites for hydroxylation is 1. The van der Waals surface area contributed by atoms with Crippen molar-refractivity contribution in [2.75, 3.05) is 19.6 Å². The van der Waals surface area contributed by atoms with Crippen molar-refractivity contribution < 1.29 is 9.59 Å². The molecule has 2 fully saturated rings. The molecular formula is C30H36N4O3. The Bertz CT molecular complexity index is 1360. The van der Waals surface area contributed by atoms with Crippen LogP contribution >= 0.6 is 0 Å². The molecule has 2 aliphatic rings. The standard InChI is InChI=1S/C30H36N4O3/c1-20(35)32-13-9-21-15-22-5-3-4-6-26(22)24(16-21)19-34(25-7-8-25)30(37)28-18-31-12-10-27(28)23-11-14-33(2)29(36)17-23/h3-6,11,14-17,25,27-28,31H,7-10,12-13,18-19H2,1-2H3,(H,32,35). The summed E-state index contributed by atoms with van der Waals surface area (Å²) in [5.74, 6) is -0.0214. The SMILES string of the molecule is CC(=O)NCCc1cc(CN(C(=O)C2CNCCC2c2ccn(C)c(=O)c2)C2CC2)c2ccccc2c1.